The summed E-state index contributed by atoms with van der Waals surface area (Å²) in [5.41, 5.74) is 0. The highest BCUT2D eigenvalue weighted by Crippen LogP contribution is 2.12. The van der Waals surface area contributed by atoms with Crippen molar-refractivity contribution in [2.45, 2.75) is 65.5 Å². The molecule has 0 spiro atoms. The van der Waals surface area contributed by atoms with Crippen LogP contribution in [-0.4, -0.2) is 37.6 Å². The average Bonchev–Trinajstić information content (AvgIpc) is 2.27. The van der Waals surface area contributed by atoms with Gasteiger partial charge in [-0.25, -0.2) is 0 Å². The van der Waals surface area contributed by atoms with Crippen molar-refractivity contribution < 1.29 is 0 Å². The normalized spacial score (nSPS) is 17.4. The molecule has 0 rings (SSSR count). The lowest BCUT2D eigenvalue weighted by Gasteiger charge is -2.27. The molecule has 0 heterocycles. The van der Waals surface area contributed by atoms with E-state index in [1.54, 1.807) is 0 Å². The van der Waals surface area contributed by atoms with E-state index in [4.69, 9.17) is 0 Å². The highest BCUT2D eigenvalue weighted by Gasteiger charge is 2.13. The quantitative estimate of drug-likeness (QED) is 0.652. The molecule has 0 aromatic carbocycles. The van der Waals surface area contributed by atoms with Gasteiger partial charge in [0.05, 0.1) is 0 Å². The smallest absolute Gasteiger partial charge is 0.0212 e. The van der Waals surface area contributed by atoms with Crippen LogP contribution in [0.2, 0.25) is 0 Å². The van der Waals surface area contributed by atoms with E-state index < -0.39 is 0 Å². The fraction of sp³-hybridized carbons (Fsp3) is 1.00. The van der Waals surface area contributed by atoms with Crippen molar-refractivity contribution >= 4 is 0 Å². The third-order valence-corrected chi connectivity index (χ3v) is 3.72. The molecule has 0 aliphatic heterocycles. The molecule has 0 aliphatic carbocycles. The summed E-state index contributed by atoms with van der Waals surface area (Å²) in [4.78, 5) is 2.32. The summed E-state index contributed by atoms with van der Waals surface area (Å²) >= 11 is 0. The van der Waals surface area contributed by atoms with Gasteiger partial charge in [0, 0.05) is 18.6 Å². The predicted molar refractivity (Wildman–Crippen MR) is 73.9 cm³/mol. The van der Waals surface area contributed by atoms with Crippen molar-refractivity contribution in [2.24, 2.45) is 5.92 Å². The second-order valence-electron chi connectivity index (χ2n) is 5.29. The van der Waals surface area contributed by atoms with Crippen molar-refractivity contribution in [1.82, 2.24) is 10.2 Å². The number of likely N-dealkylation sites (N-methyl/N-ethyl adjacent to an activating group) is 1. The molecule has 98 valence electrons. The second kappa shape index (κ2) is 9.00. The summed E-state index contributed by atoms with van der Waals surface area (Å²) in [6.45, 7) is 10.3. The lowest BCUT2D eigenvalue weighted by molar-refractivity contribution is 0.259. The molecule has 0 amide bonds. The minimum Gasteiger partial charge on any atom is -0.312 e. The highest BCUT2D eigenvalue weighted by atomic mass is 15.1. The van der Waals surface area contributed by atoms with Gasteiger partial charge in [0.15, 0.2) is 0 Å². The fourth-order valence-electron chi connectivity index (χ4n) is 2.04. The average molecular weight is 228 g/mol. The van der Waals surface area contributed by atoms with Crippen molar-refractivity contribution in [3.63, 3.8) is 0 Å². The minimum absolute atomic E-state index is 0.672. The van der Waals surface area contributed by atoms with Crippen LogP contribution >= 0.6 is 0 Å². The monoisotopic (exact) mass is 228 g/mol. The van der Waals surface area contributed by atoms with E-state index in [0.717, 1.165) is 12.5 Å². The molecule has 16 heavy (non-hydrogen) atoms. The summed E-state index contributed by atoms with van der Waals surface area (Å²) in [5.74, 6) is 0.844. The number of nitrogens with zero attached hydrogens (tertiary/aromatic N) is 1. The van der Waals surface area contributed by atoms with Gasteiger partial charge in [-0.1, -0.05) is 34.1 Å². The molecule has 2 nitrogen and oxygen atoms in total. The van der Waals surface area contributed by atoms with Crippen molar-refractivity contribution in [2.75, 3.05) is 20.6 Å². The van der Waals surface area contributed by atoms with Crippen LogP contribution in [0, 0.1) is 5.92 Å². The lowest BCUT2D eigenvalue weighted by Crippen LogP contribution is -2.42. The van der Waals surface area contributed by atoms with Crippen LogP contribution in [0.1, 0.15) is 53.4 Å². The predicted octanol–water partition coefficient (Wildman–Crippen LogP) is 3.13. The van der Waals surface area contributed by atoms with Gasteiger partial charge in [-0.2, -0.15) is 0 Å². The van der Waals surface area contributed by atoms with E-state index in [1.807, 2.05) is 0 Å². The van der Waals surface area contributed by atoms with Gasteiger partial charge in [-0.05, 0) is 39.3 Å². The Kier molecular flexibility index (Phi) is 8.96. The van der Waals surface area contributed by atoms with Crippen LogP contribution in [0.3, 0.4) is 0 Å². The molecule has 0 aromatic heterocycles. The van der Waals surface area contributed by atoms with Gasteiger partial charge < -0.3 is 10.2 Å². The van der Waals surface area contributed by atoms with E-state index in [1.165, 1.54) is 25.7 Å². The third-order valence-electron chi connectivity index (χ3n) is 3.72. The molecule has 0 radical (unpaired) electrons. The maximum atomic E-state index is 3.73. The standard InChI is InChI=1S/C14H32N2/c1-7-12(4)10-13(8-2)15-11-14(9-3)16(5)6/h12-15H,7-11H2,1-6H3. The van der Waals surface area contributed by atoms with Gasteiger partial charge >= 0.3 is 0 Å². The summed E-state index contributed by atoms with van der Waals surface area (Å²) < 4.78 is 0. The summed E-state index contributed by atoms with van der Waals surface area (Å²) in [6, 6.07) is 1.37. The Bertz CT molecular complexity index is 157. The Morgan fingerprint density at radius 2 is 1.62 bits per heavy atom. The first-order valence-electron chi connectivity index (χ1n) is 6.94. The second-order valence-corrected chi connectivity index (χ2v) is 5.29. The molecule has 0 aromatic rings. The van der Waals surface area contributed by atoms with E-state index in [0.29, 0.717) is 12.1 Å². The van der Waals surface area contributed by atoms with Gasteiger partial charge in [0.2, 0.25) is 0 Å². The molecular formula is C14H32N2. The van der Waals surface area contributed by atoms with Gasteiger partial charge in [0.1, 0.15) is 0 Å². The van der Waals surface area contributed by atoms with Gasteiger partial charge in [-0.3, -0.25) is 0 Å². The molecule has 0 fully saturated rings. The molecule has 0 saturated heterocycles. The van der Waals surface area contributed by atoms with Crippen LogP contribution in [0.4, 0.5) is 0 Å². The molecule has 0 aliphatic rings. The summed E-state index contributed by atoms with van der Waals surface area (Å²) in [6.07, 6.45) is 5.08. The first kappa shape index (κ1) is 15.9. The fourth-order valence-corrected chi connectivity index (χ4v) is 2.04. The van der Waals surface area contributed by atoms with Gasteiger partial charge in [0.25, 0.3) is 0 Å². The van der Waals surface area contributed by atoms with Crippen LogP contribution in [0.5, 0.6) is 0 Å². The molecule has 2 heteroatoms. The third kappa shape index (κ3) is 6.49. The molecule has 3 unspecified atom stereocenters. The maximum Gasteiger partial charge on any atom is 0.0212 e. The van der Waals surface area contributed by atoms with E-state index >= 15 is 0 Å². The number of hydrogen-bond donors (Lipinski definition) is 1. The van der Waals surface area contributed by atoms with Crippen molar-refractivity contribution in [3.8, 4) is 0 Å². The first-order valence-corrected chi connectivity index (χ1v) is 6.94. The molecule has 0 saturated carbocycles. The van der Waals surface area contributed by atoms with Crippen LogP contribution in [0.25, 0.3) is 0 Å². The Hall–Kier alpha value is -0.0800. The highest BCUT2D eigenvalue weighted by molar-refractivity contribution is 4.73. The summed E-state index contributed by atoms with van der Waals surface area (Å²) in [7, 11) is 4.34. The van der Waals surface area contributed by atoms with Crippen LogP contribution in [0.15, 0.2) is 0 Å². The molecule has 1 N–H and O–H groups in total. The molecule has 3 atom stereocenters. The number of hydrogen-bond acceptors (Lipinski definition) is 2. The zero-order valence-corrected chi connectivity index (χ0v) is 12.2. The largest absolute Gasteiger partial charge is 0.312 e. The maximum absolute atomic E-state index is 3.73. The Morgan fingerprint density at radius 3 is 2.00 bits per heavy atom. The Balaban J connectivity index is 3.93. The topological polar surface area (TPSA) is 15.3 Å². The molecular weight excluding hydrogens is 196 g/mol. The zero-order chi connectivity index (χ0) is 12.6. The summed E-state index contributed by atoms with van der Waals surface area (Å²) in [5, 5.41) is 3.73. The van der Waals surface area contributed by atoms with Crippen molar-refractivity contribution in [3.05, 3.63) is 0 Å². The first-order chi connectivity index (χ1) is 7.54. The zero-order valence-electron chi connectivity index (χ0n) is 12.2. The SMILES string of the molecule is CCC(C)CC(CC)NCC(CC)N(C)C. The Morgan fingerprint density at radius 1 is 1.00 bits per heavy atom. The number of nitrogens with one attached hydrogen (secondary N) is 1. The number of rotatable bonds is 9. The Labute approximate surface area is 103 Å². The van der Waals surface area contributed by atoms with Crippen LogP contribution in [-0.2, 0) is 0 Å². The van der Waals surface area contributed by atoms with E-state index in [-0.39, 0.29) is 0 Å². The lowest BCUT2D eigenvalue weighted by atomic mass is 9.97. The molecule has 0 bridgehead atoms. The van der Waals surface area contributed by atoms with Crippen molar-refractivity contribution in [1.29, 1.82) is 0 Å². The van der Waals surface area contributed by atoms with E-state index in [9.17, 15) is 0 Å². The minimum atomic E-state index is 0.672. The van der Waals surface area contributed by atoms with E-state index in [2.05, 4.69) is 52.0 Å². The van der Waals surface area contributed by atoms with Gasteiger partial charge in [-0.15, -0.1) is 0 Å². The van der Waals surface area contributed by atoms with Crippen LogP contribution < -0.4 is 5.32 Å².